The van der Waals surface area contributed by atoms with E-state index in [1.165, 1.54) is 12.3 Å². The molecule has 0 saturated heterocycles. The number of pyridine rings is 1. The monoisotopic (exact) mass is 274 g/mol. The van der Waals surface area contributed by atoms with E-state index in [4.69, 9.17) is 14.6 Å². The van der Waals surface area contributed by atoms with Gasteiger partial charge in [0.25, 0.3) is 0 Å². The van der Waals surface area contributed by atoms with Gasteiger partial charge in [-0.25, -0.2) is 9.78 Å². The van der Waals surface area contributed by atoms with E-state index in [9.17, 15) is 4.79 Å². The summed E-state index contributed by atoms with van der Waals surface area (Å²) in [6.45, 7) is 0. The molecule has 0 atom stereocenters. The third kappa shape index (κ3) is 2.97. The maximum Gasteiger partial charge on any atom is 0.354 e. The van der Waals surface area contributed by atoms with Crippen LogP contribution >= 0.6 is 0 Å². The van der Waals surface area contributed by atoms with Crippen molar-refractivity contribution in [3.8, 4) is 11.5 Å². The van der Waals surface area contributed by atoms with Gasteiger partial charge in [0.15, 0.2) is 11.5 Å². The number of hydrogen-bond acceptors (Lipinski definition) is 5. The number of rotatable bonds is 5. The van der Waals surface area contributed by atoms with Crippen LogP contribution in [0.5, 0.6) is 11.5 Å². The number of carbonyl (C=O) groups is 1. The highest BCUT2D eigenvalue weighted by Crippen LogP contribution is 2.31. The Morgan fingerprint density at radius 1 is 1.10 bits per heavy atom. The van der Waals surface area contributed by atoms with Crippen molar-refractivity contribution in [3.63, 3.8) is 0 Å². The second-order valence-corrected chi connectivity index (χ2v) is 3.93. The lowest BCUT2D eigenvalue weighted by atomic mass is 10.2. The molecule has 0 bridgehead atoms. The molecule has 2 N–H and O–H groups in total. The van der Waals surface area contributed by atoms with Crippen LogP contribution in [0.25, 0.3) is 0 Å². The van der Waals surface area contributed by atoms with Crippen LogP contribution in [0.4, 0.5) is 11.4 Å². The van der Waals surface area contributed by atoms with Gasteiger partial charge < -0.3 is 19.9 Å². The zero-order valence-electron chi connectivity index (χ0n) is 11.1. The molecule has 0 fully saturated rings. The van der Waals surface area contributed by atoms with Crippen molar-refractivity contribution >= 4 is 17.3 Å². The first-order valence-electron chi connectivity index (χ1n) is 5.82. The van der Waals surface area contributed by atoms with Crippen molar-refractivity contribution in [3.05, 3.63) is 42.2 Å². The Balaban J connectivity index is 2.25. The molecule has 1 aromatic heterocycles. The summed E-state index contributed by atoms with van der Waals surface area (Å²) in [4.78, 5) is 14.6. The Kier molecular flexibility index (Phi) is 4.05. The number of nitrogens with zero attached hydrogens (tertiary/aromatic N) is 1. The summed E-state index contributed by atoms with van der Waals surface area (Å²) in [5.74, 6) is 0.143. The van der Waals surface area contributed by atoms with E-state index in [1.807, 2.05) is 6.07 Å². The Morgan fingerprint density at radius 3 is 2.45 bits per heavy atom. The standard InChI is InChI=1S/C14H14N2O4/c1-19-12-4-3-9(8-13(12)20-2)16-10-5-6-15-11(7-10)14(17)18/h3-8H,1-2H3,(H,15,16)(H,17,18). The molecule has 2 rings (SSSR count). The van der Waals surface area contributed by atoms with E-state index in [0.717, 1.165) is 5.69 Å². The van der Waals surface area contributed by atoms with Gasteiger partial charge in [-0.2, -0.15) is 0 Å². The number of nitrogens with one attached hydrogen (secondary N) is 1. The van der Waals surface area contributed by atoms with Gasteiger partial charge in [0.1, 0.15) is 5.69 Å². The van der Waals surface area contributed by atoms with Crippen LogP contribution in [0.2, 0.25) is 0 Å². The Morgan fingerprint density at radius 2 is 1.80 bits per heavy atom. The molecule has 1 heterocycles. The molecule has 0 radical (unpaired) electrons. The highest BCUT2D eigenvalue weighted by molar-refractivity contribution is 5.86. The third-order valence-electron chi connectivity index (χ3n) is 2.65. The van der Waals surface area contributed by atoms with E-state index >= 15 is 0 Å². The number of hydrogen-bond donors (Lipinski definition) is 2. The summed E-state index contributed by atoms with van der Waals surface area (Å²) in [5, 5.41) is 12.0. The summed E-state index contributed by atoms with van der Waals surface area (Å²) in [5.41, 5.74) is 1.37. The number of carboxylic acid groups (broad SMARTS) is 1. The summed E-state index contributed by atoms with van der Waals surface area (Å²) < 4.78 is 10.4. The van der Waals surface area contributed by atoms with Gasteiger partial charge in [0.2, 0.25) is 0 Å². The maximum atomic E-state index is 10.9. The number of carboxylic acids is 1. The van der Waals surface area contributed by atoms with Crippen LogP contribution in [0.15, 0.2) is 36.5 Å². The summed E-state index contributed by atoms with van der Waals surface area (Å²) in [7, 11) is 3.11. The first-order chi connectivity index (χ1) is 9.63. The molecule has 1 aromatic carbocycles. The molecule has 104 valence electrons. The number of aromatic nitrogens is 1. The largest absolute Gasteiger partial charge is 0.493 e. The second-order valence-electron chi connectivity index (χ2n) is 3.93. The first-order valence-corrected chi connectivity index (χ1v) is 5.82. The first kappa shape index (κ1) is 13.7. The van der Waals surface area contributed by atoms with E-state index in [1.54, 1.807) is 32.4 Å². The van der Waals surface area contributed by atoms with E-state index in [0.29, 0.717) is 17.2 Å². The van der Waals surface area contributed by atoms with Crippen molar-refractivity contribution in [2.24, 2.45) is 0 Å². The van der Waals surface area contributed by atoms with Gasteiger partial charge in [0, 0.05) is 23.6 Å². The zero-order chi connectivity index (χ0) is 14.5. The van der Waals surface area contributed by atoms with Crippen molar-refractivity contribution in [1.82, 2.24) is 4.98 Å². The zero-order valence-corrected chi connectivity index (χ0v) is 11.1. The molecule has 0 saturated carbocycles. The average Bonchev–Trinajstić information content (AvgIpc) is 2.47. The minimum atomic E-state index is -1.07. The quantitative estimate of drug-likeness (QED) is 0.872. The Labute approximate surface area is 116 Å². The number of benzene rings is 1. The highest BCUT2D eigenvalue weighted by Gasteiger charge is 2.07. The minimum absolute atomic E-state index is 0.0181. The van der Waals surface area contributed by atoms with Gasteiger partial charge in [-0.3, -0.25) is 0 Å². The van der Waals surface area contributed by atoms with Crippen molar-refractivity contribution < 1.29 is 19.4 Å². The molecule has 0 aliphatic carbocycles. The van der Waals surface area contributed by atoms with E-state index in [2.05, 4.69) is 10.3 Å². The molecular formula is C14H14N2O4. The lowest BCUT2D eigenvalue weighted by molar-refractivity contribution is 0.0690. The van der Waals surface area contributed by atoms with E-state index < -0.39 is 5.97 Å². The van der Waals surface area contributed by atoms with Crippen LogP contribution in [-0.2, 0) is 0 Å². The van der Waals surface area contributed by atoms with Crippen LogP contribution < -0.4 is 14.8 Å². The fourth-order valence-corrected chi connectivity index (χ4v) is 1.71. The van der Waals surface area contributed by atoms with Crippen molar-refractivity contribution in [2.45, 2.75) is 0 Å². The Bertz CT molecular complexity index is 628. The average molecular weight is 274 g/mol. The summed E-state index contributed by atoms with van der Waals surface area (Å²) in [6.07, 6.45) is 1.44. The van der Waals surface area contributed by atoms with Gasteiger partial charge in [-0.05, 0) is 24.3 Å². The third-order valence-corrected chi connectivity index (χ3v) is 2.65. The lowest BCUT2D eigenvalue weighted by Crippen LogP contribution is -2.01. The predicted octanol–water partition coefficient (Wildman–Crippen LogP) is 2.54. The van der Waals surface area contributed by atoms with Crippen LogP contribution in [-0.4, -0.2) is 30.3 Å². The molecule has 0 aliphatic heterocycles. The molecule has 2 aromatic rings. The molecule has 6 heteroatoms. The predicted molar refractivity (Wildman–Crippen MR) is 74.0 cm³/mol. The molecule has 0 spiro atoms. The second kappa shape index (κ2) is 5.92. The number of aromatic carboxylic acids is 1. The molecule has 0 aliphatic rings. The minimum Gasteiger partial charge on any atom is -0.493 e. The van der Waals surface area contributed by atoms with Gasteiger partial charge in [-0.1, -0.05) is 0 Å². The number of ether oxygens (including phenoxy) is 2. The molecule has 0 unspecified atom stereocenters. The highest BCUT2D eigenvalue weighted by atomic mass is 16.5. The SMILES string of the molecule is COc1ccc(Nc2ccnc(C(=O)O)c2)cc1OC. The fourth-order valence-electron chi connectivity index (χ4n) is 1.71. The van der Waals surface area contributed by atoms with Crippen LogP contribution in [0.3, 0.4) is 0 Å². The maximum absolute atomic E-state index is 10.9. The molecular weight excluding hydrogens is 260 g/mol. The smallest absolute Gasteiger partial charge is 0.354 e. The van der Waals surface area contributed by atoms with Gasteiger partial charge in [-0.15, -0.1) is 0 Å². The molecule has 20 heavy (non-hydrogen) atoms. The molecule has 0 amide bonds. The number of anilines is 2. The van der Waals surface area contributed by atoms with Crippen molar-refractivity contribution in [1.29, 1.82) is 0 Å². The summed E-state index contributed by atoms with van der Waals surface area (Å²) in [6, 6.07) is 8.48. The van der Waals surface area contributed by atoms with E-state index in [-0.39, 0.29) is 5.69 Å². The molecule has 6 nitrogen and oxygen atoms in total. The normalized spacial score (nSPS) is 9.90. The topological polar surface area (TPSA) is 80.7 Å². The number of methoxy groups -OCH3 is 2. The Hall–Kier alpha value is -2.76. The fraction of sp³-hybridized carbons (Fsp3) is 0.143. The van der Waals surface area contributed by atoms with Gasteiger partial charge >= 0.3 is 5.97 Å². The van der Waals surface area contributed by atoms with Crippen LogP contribution in [0.1, 0.15) is 10.5 Å². The summed E-state index contributed by atoms with van der Waals surface area (Å²) >= 11 is 0. The van der Waals surface area contributed by atoms with Gasteiger partial charge in [0.05, 0.1) is 14.2 Å². The van der Waals surface area contributed by atoms with Crippen molar-refractivity contribution in [2.75, 3.05) is 19.5 Å². The van der Waals surface area contributed by atoms with Crippen LogP contribution in [0, 0.1) is 0 Å². The lowest BCUT2D eigenvalue weighted by Gasteiger charge is -2.11.